The topological polar surface area (TPSA) is 74.4 Å². The van der Waals surface area contributed by atoms with Gasteiger partial charge in [-0.3, -0.25) is 0 Å². The number of ether oxygens (including phenoxy) is 2. The first-order valence-electron chi connectivity index (χ1n) is 7.69. The first kappa shape index (κ1) is 15.7. The second-order valence-electron chi connectivity index (χ2n) is 5.83. The van der Waals surface area contributed by atoms with E-state index in [2.05, 4.69) is 20.1 Å². The molecule has 3 aromatic rings. The Balaban J connectivity index is 1.84. The van der Waals surface area contributed by atoms with Crippen molar-refractivity contribution >= 4 is 5.52 Å². The highest BCUT2D eigenvalue weighted by molar-refractivity contribution is 5.68. The Kier molecular flexibility index (Phi) is 3.70. The SMILES string of the molecule is COc1ncc(-c2cc([C@H]3C[C@@H]3C(F)F)c3cncn3n2)c(OC)n1. The third-order valence-corrected chi connectivity index (χ3v) is 4.37. The van der Waals surface area contributed by atoms with Crippen molar-refractivity contribution < 1.29 is 18.3 Å². The molecule has 0 spiro atoms. The van der Waals surface area contributed by atoms with Crippen LogP contribution in [0.2, 0.25) is 0 Å². The lowest BCUT2D eigenvalue weighted by atomic mass is 10.1. The third kappa shape index (κ3) is 2.65. The molecular weight excluding hydrogens is 332 g/mol. The molecule has 7 nitrogen and oxygen atoms in total. The summed E-state index contributed by atoms with van der Waals surface area (Å²) >= 11 is 0. The summed E-state index contributed by atoms with van der Waals surface area (Å²) in [6, 6.07) is 1.96. The molecule has 0 radical (unpaired) electrons. The van der Waals surface area contributed by atoms with Crippen molar-refractivity contribution in [3.8, 4) is 23.1 Å². The van der Waals surface area contributed by atoms with Gasteiger partial charge in [-0.2, -0.15) is 10.1 Å². The molecule has 130 valence electrons. The van der Waals surface area contributed by atoms with Gasteiger partial charge in [0.15, 0.2) is 0 Å². The van der Waals surface area contributed by atoms with E-state index in [0.29, 0.717) is 23.6 Å². The van der Waals surface area contributed by atoms with Gasteiger partial charge in [0, 0.05) is 12.1 Å². The minimum atomic E-state index is -2.33. The van der Waals surface area contributed by atoms with Crippen molar-refractivity contribution in [3.05, 3.63) is 30.4 Å². The number of alkyl halides is 2. The number of halogens is 2. The van der Waals surface area contributed by atoms with E-state index in [4.69, 9.17) is 9.47 Å². The van der Waals surface area contributed by atoms with E-state index in [0.717, 1.165) is 11.1 Å². The number of rotatable bonds is 5. The van der Waals surface area contributed by atoms with Gasteiger partial charge in [-0.15, -0.1) is 0 Å². The summed E-state index contributed by atoms with van der Waals surface area (Å²) in [7, 11) is 2.94. The molecule has 0 unspecified atom stereocenters. The van der Waals surface area contributed by atoms with E-state index in [1.165, 1.54) is 20.4 Å². The number of nitrogens with zero attached hydrogens (tertiary/aromatic N) is 5. The van der Waals surface area contributed by atoms with E-state index in [1.807, 2.05) is 0 Å². The lowest BCUT2D eigenvalue weighted by Gasteiger charge is -2.10. The van der Waals surface area contributed by atoms with Crippen molar-refractivity contribution in [2.45, 2.75) is 18.8 Å². The van der Waals surface area contributed by atoms with Crippen LogP contribution in [0.4, 0.5) is 8.78 Å². The summed E-state index contributed by atoms with van der Waals surface area (Å²) in [6.07, 6.45) is 2.84. The van der Waals surface area contributed by atoms with Gasteiger partial charge in [0.05, 0.1) is 37.2 Å². The van der Waals surface area contributed by atoms with Gasteiger partial charge < -0.3 is 9.47 Å². The molecule has 0 N–H and O–H groups in total. The summed E-state index contributed by atoms with van der Waals surface area (Å²) < 4.78 is 37.9. The zero-order chi connectivity index (χ0) is 17.6. The fourth-order valence-electron chi connectivity index (χ4n) is 3.00. The molecule has 0 aliphatic heterocycles. The first-order valence-corrected chi connectivity index (χ1v) is 7.69. The minimum Gasteiger partial charge on any atom is -0.480 e. The van der Waals surface area contributed by atoms with Crippen molar-refractivity contribution in [2.75, 3.05) is 14.2 Å². The van der Waals surface area contributed by atoms with Crippen LogP contribution in [0, 0.1) is 5.92 Å². The molecule has 0 amide bonds. The Morgan fingerprint density at radius 2 is 2.08 bits per heavy atom. The molecule has 3 heterocycles. The number of imidazole rings is 1. The van der Waals surface area contributed by atoms with Crippen LogP contribution in [0.3, 0.4) is 0 Å². The largest absolute Gasteiger partial charge is 0.480 e. The van der Waals surface area contributed by atoms with Gasteiger partial charge in [-0.05, 0) is 24.0 Å². The van der Waals surface area contributed by atoms with E-state index < -0.39 is 12.3 Å². The summed E-state index contributed by atoms with van der Waals surface area (Å²) in [6.45, 7) is 0. The van der Waals surface area contributed by atoms with Crippen LogP contribution < -0.4 is 9.47 Å². The van der Waals surface area contributed by atoms with Crippen LogP contribution in [0.15, 0.2) is 24.8 Å². The molecule has 1 aliphatic carbocycles. The molecule has 1 aliphatic rings. The molecule has 0 bridgehead atoms. The Morgan fingerprint density at radius 1 is 1.24 bits per heavy atom. The van der Waals surface area contributed by atoms with E-state index in [-0.39, 0.29) is 11.9 Å². The van der Waals surface area contributed by atoms with Crippen LogP contribution in [0.25, 0.3) is 16.8 Å². The predicted molar refractivity (Wildman–Crippen MR) is 84.0 cm³/mol. The van der Waals surface area contributed by atoms with Gasteiger partial charge >= 0.3 is 6.01 Å². The van der Waals surface area contributed by atoms with Gasteiger partial charge in [0.25, 0.3) is 0 Å². The summed E-state index contributed by atoms with van der Waals surface area (Å²) in [5.74, 6) is -0.528. The molecule has 9 heteroatoms. The number of methoxy groups -OCH3 is 2. The minimum absolute atomic E-state index is 0.171. The monoisotopic (exact) mass is 347 g/mol. The smallest absolute Gasteiger partial charge is 0.319 e. The fraction of sp³-hybridized carbons (Fsp3) is 0.375. The number of fused-ring (bicyclic) bond motifs is 1. The number of hydrogen-bond donors (Lipinski definition) is 0. The number of hydrogen-bond acceptors (Lipinski definition) is 6. The van der Waals surface area contributed by atoms with Gasteiger partial charge in [0.2, 0.25) is 12.3 Å². The van der Waals surface area contributed by atoms with Crippen LogP contribution in [0.5, 0.6) is 11.9 Å². The molecule has 4 rings (SSSR count). The first-order chi connectivity index (χ1) is 12.1. The normalized spacial score (nSPS) is 19.4. The molecule has 1 fully saturated rings. The molecule has 25 heavy (non-hydrogen) atoms. The van der Waals surface area contributed by atoms with Crippen LogP contribution >= 0.6 is 0 Å². The molecule has 2 atom stereocenters. The van der Waals surface area contributed by atoms with Crippen molar-refractivity contribution in [1.82, 2.24) is 24.6 Å². The maximum absolute atomic E-state index is 13.0. The molecule has 0 aromatic carbocycles. The number of aromatic nitrogens is 5. The van der Waals surface area contributed by atoms with Crippen molar-refractivity contribution in [3.63, 3.8) is 0 Å². The Bertz CT molecular complexity index is 930. The van der Waals surface area contributed by atoms with Crippen molar-refractivity contribution in [1.29, 1.82) is 0 Å². The maximum Gasteiger partial charge on any atom is 0.319 e. The Labute approximate surface area is 141 Å². The Hall–Kier alpha value is -2.84. The highest BCUT2D eigenvalue weighted by atomic mass is 19.3. The molecular formula is C16H15F2N5O2. The standard InChI is InChI=1S/C16H15F2N5O2/c1-24-15-11(5-20-16(21-15)25-2)12-4-9(8-3-10(8)14(17)18)13-6-19-7-23(13)22-12/h4-8,10,14H,3H2,1-2H3/t8-,10+/m1/s1. The average molecular weight is 347 g/mol. The summed E-state index contributed by atoms with van der Waals surface area (Å²) in [4.78, 5) is 12.3. The zero-order valence-corrected chi connectivity index (χ0v) is 13.6. The summed E-state index contributed by atoms with van der Waals surface area (Å²) in [5.41, 5.74) is 2.60. The Morgan fingerprint density at radius 3 is 2.76 bits per heavy atom. The second-order valence-corrected chi connectivity index (χ2v) is 5.83. The molecule has 1 saturated carbocycles. The maximum atomic E-state index is 13.0. The lowest BCUT2D eigenvalue weighted by molar-refractivity contribution is 0.120. The quantitative estimate of drug-likeness (QED) is 0.706. The highest BCUT2D eigenvalue weighted by Gasteiger charge is 2.46. The van der Waals surface area contributed by atoms with E-state index in [9.17, 15) is 8.78 Å². The van der Waals surface area contributed by atoms with Crippen molar-refractivity contribution in [2.24, 2.45) is 5.92 Å². The zero-order valence-electron chi connectivity index (χ0n) is 13.6. The lowest BCUT2D eigenvalue weighted by Crippen LogP contribution is -2.03. The summed E-state index contributed by atoms with van der Waals surface area (Å²) in [5, 5.41) is 4.48. The van der Waals surface area contributed by atoms with Gasteiger partial charge in [0.1, 0.15) is 6.33 Å². The van der Waals surface area contributed by atoms with Gasteiger partial charge in [-0.1, -0.05) is 0 Å². The van der Waals surface area contributed by atoms with E-state index >= 15 is 0 Å². The fourth-order valence-corrected chi connectivity index (χ4v) is 3.00. The predicted octanol–water partition coefficient (Wildman–Crippen LogP) is 2.57. The average Bonchev–Trinajstić information content (AvgIpc) is 3.30. The third-order valence-electron chi connectivity index (χ3n) is 4.37. The second kappa shape index (κ2) is 5.91. The van der Waals surface area contributed by atoms with Crippen LogP contribution in [-0.2, 0) is 0 Å². The highest BCUT2D eigenvalue weighted by Crippen LogP contribution is 2.52. The van der Waals surface area contributed by atoms with Crippen LogP contribution in [-0.4, -0.2) is 45.2 Å². The van der Waals surface area contributed by atoms with E-state index in [1.54, 1.807) is 23.1 Å². The molecule has 0 saturated heterocycles. The van der Waals surface area contributed by atoms with Crippen LogP contribution in [0.1, 0.15) is 17.9 Å². The van der Waals surface area contributed by atoms with Gasteiger partial charge in [-0.25, -0.2) is 23.3 Å². The molecule has 3 aromatic heterocycles.